The zero-order valence-corrected chi connectivity index (χ0v) is 17.8. The molecule has 3 rings (SSSR count). The van der Waals surface area contributed by atoms with Gasteiger partial charge in [0.15, 0.2) is 0 Å². The molecule has 3 aromatic rings. The van der Waals surface area contributed by atoms with E-state index in [0.717, 1.165) is 10.5 Å². The number of carbonyl (C=O) groups is 2. The SMILES string of the molecule is CNC(=O)c1cc(Oc2ccc(NC(=O)Nc3cc(Br)ccc3Cl)c(F)c2)ccn1. The summed E-state index contributed by atoms with van der Waals surface area (Å²) in [5, 5.41) is 7.76. The summed E-state index contributed by atoms with van der Waals surface area (Å²) in [5.41, 5.74) is 0.483. The molecule has 0 saturated heterocycles. The van der Waals surface area contributed by atoms with Crippen LogP contribution in [0.25, 0.3) is 0 Å². The lowest BCUT2D eigenvalue weighted by Crippen LogP contribution is -2.20. The van der Waals surface area contributed by atoms with Crippen LogP contribution in [0.3, 0.4) is 0 Å². The predicted molar refractivity (Wildman–Crippen MR) is 116 cm³/mol. The summed E-state index contributed by atoms with van der Waals surface area (Å²) >= 11 is 9.31. The number of nitrogens with zero attached hydrogens (tertiary/aromatic N) is 1. The van der Waals surface area contributed by atoms with E-state index in [0.29, 0.717) is 16.5 Å². The van der Waals surface area contributed by atoms with Crippen LogP contribution in [0.1, 0.15) is 10.5 Å². The molecule has 1 aromatic heterocycles. The zero-order chi connectivity index (χ0) is 21.7. The number of halogens is 3. The third-order valence-electron chi connectivity index (χ3n) is 3.79. The Balaban J connectivity index is 1.69. The van der Waals surface area contributed by atoms with Gasteiger partial charge in [-0.25, -0.2) is 9.18 Å². The van der Waals surface area contributed by atoms with Crippen LogP contribution in [0.2, 0.25) is 5.02 Å². The van der Waals surface area contributed by atoms with Crippen LogP contribution in [0.5, 0.6) is 11.5 Å². The van der Waals surface area contributed by atoms with E-state index in [-0.39, 0.29) is 23.0 Å². The first-order chi connectivity index (χ1) is 14.4. The first kappa shape index (κ1) is 21.5. The van der Waals surface area contributed by atoms with Gasteiger partial charge in [0.05, 0.1) is 16.4 Å². The maximum absolute atomic E-state index is 14.4. The van der Waals surface area contributed by atoms with Gasteiger partial charge in [-0.1, -0.05) is 27.5 Å². The molecular formula is C20H15BrClFN4O3. The van der Waals surface area contributed by atoms with Crippen molar-refractivity contribution in [3.05, 3.63) is 75.7 Å². The molecule has 30 heavy (non-hydrogen) atoms. The molecule has 3 N–H and O–H groups in total. The molecule has 0 aliphatic carbocycles. The second-order valence-corrected chi connectivity index (χ2v) is 7.23. The molecule has 0 unspecified atom stereocenters. The number of rotatable bonds is 5. The molecule has 0 aliphatic heterocycles. The fraction of sp³-hybridized carbons (Fsp3) is 0.0500. The van der Waals surface area contributed by atoms with Gasteiger partial charge >= 0.3 is 6.03 Å². The molecule has 0 aliphatic rings. The van der Waals surface area contributed by atoms with Crippen LogP contribution in [0.15, 0.2) is 59.2 Å². The van der Waals surface area contributed by atoms with Gasteiger partial charge in [0.2, 0.25) is 0 Å². The number of pyridine rings is 1. The Morgan fingerprint density at radius 3 is 2.50 bits per heavy atom. The highest BCUT2D eigenvalue weighted by molar-refractivity contribution is 9.10. The Kier molecular flexibility index (Phi) is 6.86. The monoisotopic (exact) mass is 492 g/mol. The predicted octanol–water partition coefficient (Wildman–Crippen LogP) is 5.43. The zero-order valence-electron chi connectivity index (χ0n) is 15.5. The van der Waals surface area contributed by atoms with E-state index in [1.165, 1.54) is 37.5 Å². The van der Waals surface area contributed by atoms with Crippen molar-refractivity contribution in [3.8, 4) is 11.5 Å². The Hall–Kier alpha value is -3.17. The van der Waals surface area contributed by atoms with Crippen LogP contribution in [0, 0.1) is 5.82 Å². The summed E-state index contributed by atoms with van der Waals surface area (Å²) in [5.74, 6) is -0.584. The van der Waals surface area contributed by atoms with Crippen LogP contribution < -0.4 is 20.7 Å². The van der Waals surface area contributed by atoms with Crippen LogP contribution in [-0.2, 0) is 0 Å². The average molecular weight is 494 g/mol. The minimum atomic E-state index is -0.705. The first-order valence-electron chi connectivity index (χ1n) is 8.54. The summed E-state index contributed by atoms with van der Waals surface area (Å²) in [6.07, 6.45) is 1.41. The first-order valence-corrected chi connectivity index (χ1v) is 9.71. The van der Waals surface area contributed by atoms with Gasteiger partial charge in [0, 0.05) is 29.8 Å². The second-order valence-electron chi connectivity index (χ2n) is 5.90. The van der Waals surface area contributed by atoms with Crippen LogP contribution >= 0.6 is 27.5 Å². The smallest absolute Gasteiger partial charge is 0.323 e. The fourth-order valence-corrected chi connectivity index (χ4v) is 2.92. The van der Waals surface area contributed by atoms with Crippen molar-refractivity contribution in [2.75, 3.05) is 17.7 Å². The Labute approximate surface area is 184 Å². The average Bonchev–Trinajstić information content (AvgIpc) is 2.72. The lowest BCUT2D eigenvalue weighted by molar-refractivity contribution is 0.0958. The summed E-state index contributed by atoms with van der Waals surface area (Å²) in [4.78, 5) is 27.7. The summed E-state index contributed by atoms with van der Waals surface area (Å²) in [6.45, 7) is 0. The topological polar surface area (TPSA) is 92.4 Å². The number of amides is 3. The largest absolute Gasteiger partial charge is 0.457 e. The van der Waals surface area contributed by atoms with E-state index < -0.39 is 11.8 Å². The van der Waals surface area contributed by atoms with Crippen molar-refractivity contribution in [1.29, 1.82) is 0 Å². The van der Waals surface area contributed by atoms with Crippen molar-refractivity contribution < 1.29 is 18.7 Å². The Morgan fingerprint density at radius 1 is 1.03 bits per heavy atom. The molecule has 0 radical (unpaired) electrons. The van der Waals surface area contributed by atoms with Crippen molar-refractivity contribution in [2.45, 2.75) is 0 Å². The molecular weight excluding hydrogens is 479 g/mol. The molecule has 0 fully saturated rings. The highest BCUT2D eigenvalue weighted by Gasteiger charge is 2.12. The quantitative estimate of drug-likeness (QED) is 0.442. The van der Waals surface area contributed by atoms with Crippen LogP contribution in [-0.4, -0.2) is 24.0 Å². The number of ether oxygens (including phenoxy) is 1. The fourth-order valence-electron chi connectivity index (χ4n) is 2.39. The van der Waals surface area contributed by atoms with Gasteiger partial charge in [0.25, 0.3) is 5.91 Å². The maximum atomic E-state index is 14.4. The standard InChI is InChI=1S/C20H15BrClFN4O3/c1-24-19(28)18-10-13(6-7-25-18)30-12-3-5-16(15(23)9-12)26-20(29)27-17-8-11(21)2-4-14(17)22/h2-10H,1H3,(H,24,28)(H2,26,27,29). The summed E-state index contributed by atoms with van der Waals surface area (Å²) < 4.78 is 20.7. The number of anilines is 2. The second kappa shape index (κ2) is 9.55. The molecule has 1 heterocycles. The molecule has 0 bridgehead atoms. The third kappa shape index (κ3) is 5.46. The molecule has 2 aromatic carbocycles. The number of aromatic nitrogens is 1. The summed E-state index contributed by atoms with van der Waals surface area (Å²) in [6, 6.07) is 11.2. The van der Waals surface area contributed by atoms with Crippen molar-refractivity contribution in [2.24, 2.45) is 0 Å². The Bertz CT molecular complexity index is 1110. The van der Waals surface area contributed by atoms with Gasteiger partial charge in [-0.15, -0.1) is 0 Å². The van der Waals surface area contributed by atoms with Crippen molar-refractivity contribution in [3.63, 3.8) is 0 Å². The number of carbonyl (C=O) groups excluding carboxylic acids is 2. The number of benzene rings is 2. The van der Waals surface area contributed by atoms with E-state index in [2.05, 4.69) is 36.9 Å². The molecule has 10 heteroatoms. The van der Waals surface area contributed by atoms with Gasteiger partial charge in [-0.05, 0) is 36.4 Å². The number of urea groups is 1. The highest BCUT2D eigenvalue weighted by atomic mass is 79.9. The number of hydrogen-bond donors (Lipinski definition) is 3. The molecule has 0 atom stereocenters. The van der Waals surface area contributed by atoms with Gasteiger partial charge in [-0.3, -0.25) is 9.78 Å². The molecule has 7 nitrogen and oxygen atoms in total. The van der Waals surface area contributed by atoms with Gasteiger partial charge in [0.1, 0.15) is 23.0 Å². The number of nitrogens with one attached hydrogen (secondary N) is 3. The molecule has 3 amide bonds. The lowest BCUT2D eigenvalue weighted by atomic mass is 10.2. The highest BCUT2D eigenvalue weighted by Crippen LogP contribution is 2.28. The van der Waals surface area contributed by atoms with Crippen molar-refractivity contribution >= 4 is 50.8 Å². The van der Waals surface area contributed by atoms with E-state index in [1.54, 1.807) is 18.2 Å². The van der Waals surface area contributed by atoms with E-state index in [9.17, 15) is 14.0 Å². The maximum Gasteiger partial charge on any atom is 0.323 e. The molecule has 154 valence electrons. The molecule has 0 saturated carbocycles. The lowest BCUT2D eigenvalue weighted by Gasteiger charge is -2.11. The third-order valence-corrected chi connectivity index (χ3v) is 4.62. The van der Waals surface area contributed by atoms with Crippen LogP contribution in [0.4, 0.5) is 20.6 Å². The summed E-state index contributed by atoms with van der Waals surface area (Å²) in [7, 11) is 1.49. The number of hydrogen-bond acceptors (Lipinski definition) is 4. The van der Waals surface area contributed by atoms with E-state index in [1.807, 2.05) is 0 Å². The van der Waals surface area contributed by atoms with Gasteiger partial charge in [-0.2, -0.15) is 0 Å². The van der Waals surface area contributed by atoms with Gasteiger partial charge < -0.3 is 20.7 Å². The minimum Gasteiger partial charge on any atom is -0.457 e. The van der Waals surface area contributed by atoms with E-state index >= 15 is 0 Å². The molecule has 0 spiro atoms. The normalized spacial score (nSPS) is 10.3. The minimum absolute atomic E-state index is 0.0493. The van der Waals surface area contributed by atoms with Crippen molar-refractivity contribution in [1.82, 2.24) is 10.3 Å². The Morgan fingerprint density at radius 2 is 1.77 bits per heavy atom. The van der Waals surface area contributed by atoms with E-state index in [4.69, 9.17) is 16.3 Å².